The second-order valence-electron chi connectivity index (χ2n) is 9.61. The molecule has 3 aliphatic rings. The molecule has 0 bridgehead atoms. The van der Waals surface area contributed by atoms with Crippen LogP contribution in [0.2, 0.25) is 5.02 Å². The van der Waals surface area contributed by atoms with Crippen molar-refractivity contribution in [1.82, 2.24) is 0 Å². The maximum absolute atomic E-state index is 14.2. The third kappa shape index (κ3) is 3.92. The second-order valence-corrected chi connectivity index (χ2v) is 10.0. The topological polar surface area (TPSA) is 79.7 Å². The maximum Gasteiger partial charge on any atom is 0.231 e. The van der Waals surface area contributed by atoms with E-state index in [0.717, 1.165) is 16.8 Å². The molecule has 2 atom stereocenters. The zero-order valence-corrected chi connectivity index (χ0v) is 21.0. The number of ether oxygens (including phenoxy) is 2. The molecule has 7 heteroatoms. The van der Waals surface area contributed by atoms with Crippen molar-refractivity contribution in [1.29, 1.82) is 5.41 Å². The van der Waals surface area contributed by atoms with Gasteiger partial charge in [-0.05, 0) is 49.6 Å². The first-order valence-electron chi connectivity index (χ1n) is 12.3. The van der Waals surface area contributed by atoms with E-state index in [1.165, 1.54) is 0 Å². The molecule has 0 saturated carbocycles. The summed E-state index contributed by atoms with van der Waals surface area (Å²) in [6.45, 7) is 2.08. The fourth-order valence-electron chi connectivity index (χ4n) is 5.59. The summed E-state index contributed by atoms with van der Waals surface area (Å²) < 4.78 is 11.1. The number of allylic oxidation sites excluding steroid dienone is 2. The molecule has 3 aromatic carbocycles. The van der Waals surface area contributed by atoms with Gasteiger partial charge in [0, 0.05) is 29.2 Å². The Morgan fingerprint density at radius 3 is 2.54 bits per heavy atom. The van der Waals surface area contributed by atoms with E-state index in [1.807, 2.05) is 55.5 Å². The maximum atomic E-state index is 14.2. The van der Waals surface area contributed by atoms with Gasteiger partial charge in [-0.3, -0.25) is 15.0 Å². The minimum atomic E-state index is -0.930. The third-order valence-electron chi connectivity index (χ3n) is 7.35. The predicted molar refractivity (Wildman–Crippen MR) is 142 cm³/mol. The number of nitrogens with zero attached hydrogens (tertiary/aromatic N) is 1. The number of Topliss-reactive ketones (excluding diaryl/α,β-unsaturated/α-hetero) is 2. The summed E-state index contributed by atoms with van der Waals surface area (Å²) in [4.78, 5) is 29.5. The van der Waals surface area contributed by atoms with Crippen molar-refractivity contribution >= 4 is 34.7 Å². The first-order chi connectivity index (χ1) is 17.9. The van der Waals surface area contributed by atoms with E-state index in [9.17, 15) is 15.0 Å². The van der Waals surface area contributed by atoms with Crippen molar-refractivity contribution in [3.8, 4) is 11.5 Å². The molecule has 2 aliphatic heterocycles. The Morgan fingerprint density at radius 1 is 1.00 bits per heavy atom. The highest BCUT2D eigenvalue weighted by atomic mass is 35.5. The number of fused-ring (bicyclic) bond motifs is 1. The molecule has 0 amide bonds. The van der Waals surface area contributed by atoms with Gasteiger partial charge in [0.1, 0.15) is 5.84 Å². The van der Waals surface area contributed by atoms with Gasteiger partial charge in [0.25, 0.3) is 0 Å². The number of rotatable bonds is 4. The molecule has 2 heterocycles. The summed E-state index contributed by atoms with van der Waals surface area (Å²) in [7, 11) is 0. The lowest BCUT2D eigenvalue weighted by atomic mass is 9.69. The molecule has 2 unspecified atom stereocenters. The molecule has 6 nitrogen and oxygen atoms in total. The minimum absolute atomic E-state index is 0.00447. The SMILES string of the molecule is Cc1ccc(C(=O)C2C(=N)N(c3ccccc3Cl)C3=C(C(=O)CCC3)C2c2ccc3c(c2)OCO3)cc1. The lowest BCUT2D eigenvalue weighted by Gasteiger charge is -2.44. The van der Waals surface area contributed by atoms with E-state index in [-0.39, 0.29) is 24.2 Å². The largest absolute Gasteiger partial charge is 0.454 e. The Balaban J connectivity index is 1.59. The van der Waals surface area contributed by atoms with Crippen LogP contribution < -0.4 is 14.4 Å². The van der Waals surface area contributed by atoms with Crippen LogP contribution in [0.5, 0.6) is 11.5 Å². The van der Waals surface area contributed by atoms with E-state index in [4.69, 9.17) is 21.1 Å². The van der Waals surface area contributed by atoms with Gasteiger partial charge in [0.15, 0.2) is 23.1 Å². The number of hydrogen-bond donors (Lipinski definition) is 1. The molecule has 1 aliphatic carbocycles. The number of carbonyl (C=O) groups is 2. The Labute approximate surface area is 220 Å². The number of para-hydroxylation sites is 1. The fourth-order valence-corrected chi connectivity index (χ4v) is 5.81. The summed E-state index contributed by atoms with van der Waals surface area (Å²) in [5, 5.41) is 9.88. The van der Waals surface area contributed by atoms with Crippen LogP contribution in [-0.4, -0.2) is 24.2 Å². The molecule has 1 N–H and O–H groups in total. The number of benzene rings is 3. The number of halogens is 1. The molecule has 0 aromatic heterocycles. The van der Waals surface area contributed by atoms with Crippen molar-refractivity contribution in [2.45, 2.75) is 32.1 Å². The predicted octanol–water partition coefficient (Wildman–Crippen LogP) is 6.46. The molecule has 0 fully saturated rings. The molecule has 6 rings (SSSR count). The van der Waals surface area contributed by atoms with E-state index >= 15 is 0 Å². The van der Waals surface area contributed by atoms with Gasteiger partial charge < -0.3 is 14.4 Å². The Hall–Kier alpha value is -3.90. The molecular weight excluding hydrogens is 488 g/mol. The number of anilines is 1. The van der Waals surface area contributed by atoms with Crippen LogP contribution in [0.15, 0.2) is 78.0 Å². The van der Waals surface area contributed by atoms with Gasteiger partial charge in [-0.1, -0.05) is 59.6 Å². The van der Waals surface area contributed by atoms with Crippen molar-refractivity contribution in [2.75, 3.05) is 11.7 Å². The van der Waals surface area contributed by atoms with Crippen LogP contribution in [0.3, 0.4) is 0 Å². The van der Waals surface area contributed by atoms with Gasteiger partial charge >= 0.3 is 0 Å². The highest BCUT2D eigenvalue weighted by Gasteiger charge is 2.48. The summed E-state index contributed by atoms with van der Waals surface area (Å²) in [5.74, 6) is -0.473. The molecular formula is C30H25ClN2O4. The third-order valence-corrected chi connectivity index (χ3v) is 7.67. The average Bonchev–Trinajstić information content (AvgIpc) is 3.37. The number of ketones is 2. The quantitative estimate of drug-likeness (QED) is 0.405. The minimum Gasteiger partial charge on any atom is -0.454 e. The molecule has 0 saturated heterocycles. The Kier molecular flexibility index (Phi) is 5.84. The lowest BCUT2D eigenvalue weighted by Crippen LogP contribution is -2.49. The lowest BCUT2D eigenvalue weighted by molar-refractivity contribution is -0.116. The number of hydrogen-bond acceptors (Lipinski definition) is 5. The Bertz CT molecular complexity index is 1480. The van der Waals surface area contributed by atoms with Crippen molar-refractivity contribution in [3.05, 3.63) is 99.7 Å². The zero-order chi connectivity index (χ0) is 25.7. The van der Waals surface area contributed by atoms with E-state index in [0.29, 0.717) is 52.6 Å². The number of aryl methyl sites for hydroxylation is 1. The van der Waals surface area contributed by atoms with Gasteiger partial charge in [-0.2, -0.15) is 0 Å². The summed E-state index contributed by atoms with van der Waals surface area (Å²) in [6, 6.07) is 20.1. The van der Waals surface area contributed by atoms with Crippen LogP contribution in [0.25, 0.3) is 0 Å². The number of nitrogens with one attached hydrogen (secondary N) is 1. The smallest absolute Gasteiger partial charge is 0.231 e. The van der Waals surface area contributed by atoms with Gasteiger partial charge in [-0.25, -0.2) is 0 Å². The monoisotopic (exact) mass is 512 g/mol. The zero-order valence-electron chi connectivity index (χ0n) is 20.3. The van der Waals surface area contributed by atoms with E-state index in [2.05, 4.69) is 0 Å². The molecule has 37 heavy (non-hydrogen) atoms. The van der Waals surface area contributed by atoms with Crippen molar-refractivity contribution in [2.24, 2.45) is 5.92 Å². The highest BCUT2D eigenvalue weighted by Crippen LogP contribution is 2.49. The van der Waals surface area contributed by atoms with Gasteiger partial charge in [0.05, 0.1) is 16.6 Å². The summed E-state index contributed by atoms with van der Waals surface area (Å²) >= 11 is 6.61. The molecule has 0 radical (unpaired) electrons. The van der Waals surface area contributed by atoms with E-state index < -0.39 is 11.8 Å². The van der Waals surface area contributed by atoms with Crippen molar-refractivity contribution < 1.29 is 19.1 Å². The van der Waals surface area contributed by atoms with E-state index in [1.54, 1.807) is 23.1 Å². The second kappa shape index (κ2) is 9.20. The highest BCUT2D eigenvalue weighted by molar-refractivity contribution is 6.34. The van der Waals surface area contributed by atoms with Crippen LogP contribution in [0.1, 0.15) is 46.7 Å². The van der Waals surface area contributed by atoms with Crippen LogP contribution in [-0.2, 0) is 4.79 Å². The van der Waals surface area contributed by atoms with Gasteiger partial charge in [-0.15, -0.1) is 0 Å². The first kappa shape index (κ1) is 23.5. The van der Waals surface area contributed by atoms with Gasteiger partial charge in [0.2, 0.25) is 6.79 Å². The molecule has 3 aromatic rings. The first-order valence-corrected chi connectivity index (χ1v) is 12.7. The average molecular weight is 513 g/mol. The summed E-state index contributed by atoms with van der Waals surface area (Å²) in [5.41, 5.74) is 4.20. The summed E-state index contributed by atoms with van der Waals surface area (Å²) in [6.07, 6.45) is 1.69. The Morgan fingerprint density at radius 2 is 1.76 bits per heavy atom. The van der Waals surface area contributed by atoms with Crippen LogP contribution in [0.4, 0.5) is 5.69 Å². The van der Waals surface area contributed by atoms with Crippen molar-refractivity contribution in [3.63, 3.8) is 0 Å². The van der Waals surface area contributed by atoms with Crippen LogP contribution in [0, 0.1) is 18.3 Å². The number of carbonyl (C=O) groups excluding carboxylic acids is 2. The standard InChI is InChI=1S/C30H25ClN2O4/c1-17-9-11-18(12-10-17)29(35)28-26(19-13-14-24-25(15-19)37-16-36-24)27-22(7-4-8-23(27)34)33(30(28)32)21-6-3-2-5-20(21)31/h2-3,5-6,9-15,26,28,32H,4,7-8,16H2,1H3. The number of amidine groups is 1. The van der Waals surface area contributed by atoms with Crippen LogP contribution >= 0.6 is 11.6 Å². The normalized spacial score (nSPS) is 20.8. The fraction of sp³-hybridized carbons (Fsp3) is 0.233. The molecule has 186 valence electrons. The molecule has 0 spiro atoms.